The Balaban J connectivity index is 3.71. The Hall–Kier alpha value is -0.650. The van der Waals surface area contributed by atoms with Crippen molar-refractivity contribution in [3.05, 3.63) is 0 Å². The monoisotopic (exact) mass is 163 g/mol. The van der Waals surface area contributed by atoms with E-state index < -0.39 is 18.3 Å². The van der Waals surface area contributed by atoms with Crippen molar-refractivity contribution in [1.82, 2.24) is 0 Å². The predicted molar refractivity (Wildman–Crippen MR) is 38.0 cm³/mol. The number of ether oxygens (including phenoxy) is 2. The van der Waals surface area contributed by atoms with Crippen molar-refractivity contribution in [2.45, 2.75) is 18.8 Å². The van der Waals surface area contributed by atoms with Crippen molar-refractivity contribution in [3.8, 4) is 0 Å². The summed E-state index contributed by atoms with van der Waals surface area (Å²) in [5.74, 6) is -1.05. The Morgan fingerprint density at radius 2 is 2.00 bits per heavy atom. The number of rotatable bonds is 5. The second kappa shape index (κ2) is 5.06. The largest absolute Gasteiger partial charge is 0.480 e. The highest BCUT2D eigenvalue weighted by Crippen LogP contribution is 2.00. The van der Waals surface area contributed by atoms with Crippen molar-refractivity contribution in [1.29, 1.82) is 0 Å². The molecule has 0 heterocycles. The first-order valence-corrected chi connectivity index (χ1v) is 3.15. The summed E-state index contributed by atoms with van der Waals surface area (Å²) in [6.07, 6.45) is -0.386. The quantitative estimate of drug-likeness (QED) is 0.529. The molecule has 0 unspecified atom stereocenters. The number of hydrogen-bond acceptors (Lipinski definition) is 4. The van der Waals surface area contributed by atoms with E-state index >= 15 is 0 Å². The summed E-state index contributed by atoms with van der Waals surface area (Å²) in [6, 6.07) is -0.931. The van der Waals surface area contributed by atoms with E-state index in [-0.39, 0.29) is 6.42 Å². The highest BCUT2D eigenvalue weighted by atomic mass is 16.7. The first-order chi connectivity index (χ1) is 5.11. The molecular weight excluding hydrogens is 150 g/mol. The lowest BCUT2D eigenvalue weighted by Gasteiger charge is -2.14. The van der Waals surface area contributed by atoms with Crippen LogP contribution in [-0.4, -0.2) is 37.6 Å². The SMILES string of the molecule is COC(C[C@H](N)C(=O)O)OC. The fourth-order valence-corrected chi connectivity index (χ4v) is 0.597. The topological polar surface area (TPSA) is 81.8 Å². The van der Waals surface area contributed by atoms with Crippen LogP contribution in [0.25, 0.3) is 0 Å². The van der Waals surface area contributed by atoms with E-state index in [4.69, 9.17) is 20.3 Å². The average Bonchev–Trinajstić information content (AvgIpc) is 1.99. The number of carbonyl (C=O) groups is 1. The highest BCUT2D eigenvalue weighted by Gasteiger charge is 2.17. The second-order valence-electron chi connectivity index (χ2n) is 2.08. The summed E-state index contributed by atoms with van der Waals surface area (Å²) in [6.45, 7) is 0. The zero-order valence-electron chi connectivity index (χ0n) is 6.61. The number of carboxylic acid groups (broad SMARTS) is 1. The van der Waals surface area contributed by atoms with Gasteiger partial charge in [-0.15, -0.1) is 0 Å². The third-order valence-electron chi connectivity index (χ3n) is 1.29. The van der Waals surface area contributed by atoms with Gasteiger partial charge in [0.05, 0.1) is 0 Å². The van der Waals surface area contributed by atoms with Crippen molar-refractivity contribution in [2.75, 3.05) is 14.2 Å². The van der Waals surface area contributed by atoms with E-state index in [1.54, 1.807) is 0 Å². The van der Waals surface area contributed by atoms with Gasteiger partial charge in [0.1, 0.15) is 6.04 Å². The molecule has 0 aromatic heterocycles. The number of hydrogen-bond donors (Lipinski definition) is 2. The van der Waals surface area contributed by atoms with Gasteiger partial charge >= 0.3 is 5.97 Å². The lowest BCUT2D eigenvalue weighted by atomic mass is 10.2. The third kappa shape index (κ3) is 3.92. The number of carboxylic acids is 1. The van der Waals surface area contributed by atoms with Crippen LogP contribution in [0.1, 0.15) is 6.42 Å². The van der Waals surface area contributed by atoms with Gasteiger partial charge in [-0.25, -0.2) is 0 Å². The van der Waals surface area contributed by atoms with E-state index in [1.165, 1.54) is 14.2 Å². The Morgan fingerprint density at radius 1 is 1.55 bits per heavy atom. The van der Waals surface area contributed by atoms with E-state index in [0.29, 0.717) is 0 Å². The molecule has 0 fully saturated rings. The van der Waals surface area contributed by atoms with E-state index in [9.17, 15) is 4.79 Å². The van der Waals surface area contributed by atoms with Gasteiger partial charge in [0, 0.05) is 20.6 Å². The molecule has 0 aliphatic heterocycles. The highest BCUT2D eigenvalue weighted by molar-refractivity contribution is 5.73. The molecule has 5 nitrogen and oxygen atoms in total. The zero-order valence-corrected chi connectivity index (χ0v) is 6.61. The second-order valence-corrected chi connectivity index (χ2v) is 2.08. The Kier molecular flexibility index (Phi) is 4.76. The molecule has 0 rings (SSSR count). The van der Waals surface area contributed by atoms with Crippen LogP contribution < -0.4 is 5.73 Å². The van der Waals surface area contributed by atoms with E-state index in [2.05, 4.69) is 0 Å². The Labute approximate surface area is 65.1 Å². The zero-order chi connectivity index (χ0) is 8.85. The number of nitrogens with two attached hydrogens (primary N) is 1. The number of aliphatic carboxylic acids is 1. The van der Waals surface area contributed by atoms with Crippen LogP contribution in [0.15, 0.2) is 0 Å². The molecule has 0 bridgehead atoms. The fourth-order valence-electron chi connectivity index (χ4n) is 0.597. The summed E-state index contributed by atoms with van der Waals surface area (Å²) in [4.78, 5) is 10.2. The average molecular weight is 163 g/mol. The van der Waals surface area contributed by atoms with Crippen molar-refractivity contribution >= 4 is 5.97 Å². The molecule has 0 aromatic rings. The minimum Gasteiger partial charge on any atom is -0.480 e. The molecule has 0 aliphatic rings. The first kappa shape index (κ1) is 10.3. The maximum absolute atomic E-state index is 10.2. The Morgan fingerprint density at radius 3 is 2.27 bits per heavy atom. The van der Waals surface area contributed by atoms with Gasteiger partial charge < -0.3 is 20.3 Å². The lowest BCUT2D eigenvalue weighted by molar-refractivity contribution is -0.145. The minimum absolute atomic E-state index is 0.155. The van der Waals surface area contributed by atoms with Gasteiger partial charge in [0.25, 0.3) is 0 Å². The van der Waals surface area contributed by atoms with E-state index in [1.807, 2.05) is 0 Å². The maximum atomic E-state index is 10.2. The number of methoxy groups -OCH3 is 2. The molecule has 3 N–H and O–H groups in total. The summed E-state index contributed by atoms with van der Waals surface area (Å²) >= 11 is 0. The summed E-state index contributed by atoms with van der Waals surface area (Å²) in [5, 5.41) is 8.39. The molecule has 5 heteroatoms. The molecule has 66 valence electrons. The van der Waals surface area contributed by atoms with Crippen molar-refractivity contribution in [3.63, 3.8) is 0 Å². The normalized spacial score (nSPS) is 13.5. The maximum Gasteiger partial charge on any atom is 0.320 e. The van der Waals surface area contributed by atoms with Crippen LogP contribution in [0.5, 0.6) is 0 Å². The molecular formula is C6H13NO4. The fraction of sp³-hybridized carbons (Fsp3) is 0.833. The predicted octanol–water partition coefficient (Wildman–Crippen LogP) is -0.593. The van der Waals surface area contributed by atoms with Gasteiger partial charge in [-0.1, -0.05) is 0 Å². The van der Waals surface area contributed by atoms with Gasteiger partial charge in [-0.05, 0) is 0 Å². The molecule has 0 saturated heterocycles. The van der Waals surface area contributed by atoms with Crippen LogP contribution in [0, 0.1) is 0 Å². The van der Waals surface area contributed by atoms with Crippen LogP contribution >= 0.6 is 0 Å². The van der Waals surface area contributed by atoms with Crippen LogP contribution in [-0.2, 0) is 14.3 Å². The van der Waals surface area contributed by atoms with Gasteiger partial charge in [-0.3, -0.25) is 4.79 Å². The van der Waals surface area contributed by atoms with Crippen LogP contribution in [0.4, 0.5) is 0 Å². The molecule has 0 aliphatic carbocycles. The molecule has 0 spiro atoms. The molecule has 0 saturated carbocycles. The van der Waals surface area contributed by atoms with Gasteiger partial charge in [0.2, 0.25) is 0 Å². The van der Waals surface area contributed by atoms with Crippen LogP contribution in [0.3, 0.4) is 0 Å². The molecule has 0 amide bonds. The molecule has 0 radical (unpaired) electrons. The molecule has 11 heavy (non-hydrogen) atoms. The summed E-state index contributed by atoms with van der Waals surface area (Å²) in [5.41, 5.74) is 5.21. The van der Waals surface area contributed by atoms with Gasteiger partial charge in [0.15, 0.2) is 6.29 Å². The lowest BCUT2D eigenvalue weighted by Crippen LogP contribution is -2.35. The van der Waals surface area contributed by atoms with Gasteiger partial charge in [-0.2, -0.15) is 0 Å². The van der Waals surface area contributed by atoms with E-state index in [0.717, 1.165) is 0 Å². The van der Waals surface area contributed by atoms with Crippen molar-refractivity contribution < 1.29 is 19.4 Å². The minimum atomic E-state index is -1.05. The summed E-state index contributed by atoms with van der Waals surface area (Å²) in [7, 11) is 2.87. The first-order valence-electron chi connectivity index (χ1n) is 3.15. The smallest absolute Gasteiger partial charge is 0.320 e. The van der Waals surface area contributed by atoms with Crippen LogP contribution in [0.2, 0.25) is 0 Å². The standard InChI is InChI=1S/C6H13NO4/c1-10-5(11-2)3-4(7)6(8)9/h4-5H,3,7H2,1-2H3,(H,8,9)/t4-/m0/s1. The summed E-state index contributed by atoms with van der Waals surface area (Å²) < 4.78 is 9.51. The molecule has 0 aromatic carbocycles. The third-order valence-corrected chi connectivity index (χ3v) is 1.29. The molecule has 1 atom stereocenters. The Bertz CT molecular complexity index is 124. The van der Waals surface area contributed by atoms with Crippen molar-refractivity contribution in [2.24, 2.45) is 5.73 Å².